The lowest BCUT2D eigenvalue weighted by atomic mass is 9.92. The fourth-order valence-corrected chi connectivity index (χ4v) is 2.72. The standard InChI is InChI=1S/C11H23N3O/c12-8-11(10-2-1-7-15-9-10)14-5-3-13-4-6-14/h10-11,13H,1-9,12H2. The van der Waals surface area contributed by atoms with Crippen LogP contribution in [0, 0.1) is 5.92 Å². The van der Waals surface area contributed by atoms with Crippen molar-refractivity contribution in [2.75, 3.05) is 45.9 Å². The predicted molar refractivity (Wildman–Crippen MR) is 60.8 cm³/mol. The molecule has 15 heavy (non-hydrogen) atoms. The summed E-state index contributed by atoms with van der Waals surface area (Å²) in [4.78, 5) is 2.54. The average Bonchev–Trinajstić information content (AvgIpc) is 2.33. The van der Waals surface area contributed by atoms with Crippen LogP contribution in [-0.2, 0) is 4.74 Å². The van der Waals surface area contributed by atoms with Crippen LogP contribution >= 0.6 is 0 Å². The van der Waals surface area contributed by atoms with Gasteiger partial charge in [0.2, 0.25) is 0 Å². The molecule has 0 aromatic carbocycles. The lowest BCUT2D eigenvalue weighted by molar-refractivity contribution is 0.00832. The van der Waals surface area contributed by atoms with Gasteiger partial charge < -0.3 is 15.8 Å². The Kier molecular flexibility index (Phi) is 4.38. The summed E-state index contributed by atoms with van der Waals surface area (Å²) in [6.07, 6.45) is 2.49. The fourth-order valence-electron chi connectivity index (χ4n) is 2.72. The van der Waals surface area contributed by atoms with E-state index in [9.17, 15) is 0 Å². The molecular weight excluding hydrogens is 190 g/mol. The maximum Gasteiger partial charge on any atom is 0.0509 e. The molecule has 0 aromatic heterocycles. The second kappa shape index (κ2) is 5.80. The molecule has 0 aromatic rings. The third-order valence-electron chi connectivity index (χ3n) is 3.60. The van der Waals surface area contributed by atoms with Crippen LogP contribution in [-0.4, -0.2) is 56.9 Å². The van der Waals surface area contributed by atoms with E-state index in [0.29, 0.717) is 12.0 Å². The number of nitrogens with two attached hydrogens (primary N) is 1. The van der Waals surface area contributed by atoms with E-state index in [0.717, 1.165) is 45.9 Å². The molecule has 0 amide bonds. The average molecular weight is 213 g/mol. The van der Waals surface area contributed by atoms with Gasteiger partial charge in [0, 0.05) is 45.4 Å². The Morgan fingerprint density at radius 1 is 1.40 bits per heavy atom. The molecule has 0 bridgehead atoms. The molecule has 2 rings (SSSR count). The maximum absolute atomic E-state index is 5.92. The SMILES string of the molecule is NCC(C1CCCOC1)N1CCNCC1. The highest BCUT2D eigenvalue weighted by molar-refractivity contribution is 4.84. The third-order valence-corrected chi connectivity index (χ3v) is 3.60. The lowest BCUT2D eigenvalue weighted by Gasteiger charge is -2.40. The van der Waals surface area contributed by atoms with Crippen molar-refractivity contribution in [3.8, 4) is 0 Å². The molecule has 2 atom stereocenters. The molecule has 88 valence electrons. The summed E-state index contributed by atoms with van der Waals surface area (Å²) in [5.41, 5.74) is 5.92. The van der Waals surface area contributed by atoms with Crippen LogP contribution < -0.4 is 11.1 Å². The predicted octanol–water partition coefficient (Wildman–Crippen LogP) is -0.354. The number of rotatable bonds is 3. The molecule has 2 heterocycles. The molecule has 2 aliphatic rings. The van der Waals surface area contributed by atoms with E-state index in [1.165, 1.54) is 12.8 Å². The second-order valence-corrected chi connectivity index (χ2v) is 4.57. The summed E-state index contributed by atoms with van der Waals surface area (Å²) in [6.45, 7) is 7.10. The van der Waals surface area contributed by atoms with Crippen molar-refractivity contribution in [2.45, 2.75) is 18.9 Å². The van der Waals surface area contributed by atoms with Gasteiger partial charge in [0.15, 0.2) is 0 Å². The van der Waals surface area contributed by atoms with Crippen molar-refractivity contribution >= 4 is 0 Å². The first kappa shape index (κ1) is 11.3. The van der Waals surface area contributed by atoms with Crippen molar-refractivity contribution in [2.24, 2.45) is 11.7 Å². The highest BCUT2D eigenvalue weighted by atomic mass is 16.5. The Morgan fingerprint density at radius 3 is 2.80 bits per heavy atom. The summed E-state index contributed by atoms with van der Waals surface area (Å²) in [6, 6.07) is 0.535. The van der Waals surface area contributed by atoms with E-state index in [4.69, 9.17) is 10.5 Å². The number of nitrogens with one attached hydrogen (secondary N) is 1. The third kappa shape index (κ3) is 2.91. The Bertz CT molecular complexity index is 159. The van der Waals surface area contributed by atoms with Gasteiger partial charge in [-0.25, -0.2) is 0 Å². The second-order valence-electron chi connectivity index (χ2n) is 4.57. The van der Waals surface area contributed by atoms with Crippen molar-refractivity contribution < 1.29 is 4.74 Å². The van der Waals surface area contributed by atoms with Crippen molar-refractivity contribution in [3.63, 3.8) is 0 Å². The molecule has 4 heteroatoms. The van der Waals surface area contributed by atoms with E-state index in [1.54, 1.807) is 0 Å². The number of hydrogen-bond acceptors (Lipinski definition) is 4. The first-order valence-corrected chi connectivity index (χ1v) is 6.14. The van der Waals surface area contributed by atoms with Crippen molar-refractivity contribution in [3.05, 3.63) is 0 Å². The molecule has 4 nitrogen and oxygen atoms in total. The summed E-state index contributed by atoms with van der Waals surface area (Å²) in [5.74, 6) is 0.654. The summed E-state index contributed by atoms with van der Waals surface area (Å²) < 4.78 is 5.56. The van der Waals surface area contributed by atoms with E-state index in [2.05, 4.69) is 10.2 Å². The van der Waals surface area contributed by atoms with Crippen LogP contribution in [0.3, 0.4) is 0 Å². The molecule has 2 unspecified atom stereocenters. The Balaban J connectivity index is 1.88. The van der Waals surface area contributed by atoms with E-state index < -0.39 is 0 Å². The Labute approximate surface area is 92.1 Å². The van der Waals surface area contributed by atoms with Gasteiger partial charge >= 0.3 is 0 Å². The van der Waals surface area contributed by atoms with Crippen LogP contribution in [0.25, 0.3) is 0 Å². The zero-order valence-corrected chi connectivity index (χ0v) is 9.45. The zero-order valence-electron chi connectivity index (χ0n) is 9.45. The molecular formula is C11H23N3O. The minimum Gasteiger partial charge on any atom is -0.381 e. The van der Waals surface area contributed by atoms with E-state index in [-0.39, 0.29) is 0 Å². The first-order chi connectivity index (χ1) is 7.42. The molecule has 0 saturated carbocycles. The fraction of sp³-hybridized carbons (Fsp3) is 1.00. The number of hydrogen-bond donors (Lipinski definition) is 2. The molecule has 0 spiro atoms. The minimum absolute atomic E-state index is 0.535. The minimum atomic E-state index is 0.535. The molecule has 0 radical (unpaired) electrons. The molecule has 2 fully saturated rings. The Hall–Kier alpha value is -0.160. The van der Waals surface area contributed by atoms with Crippen LogP contribution in [0.15, 0.2) is 0 Å². The van der Waals surface area contributed by atoms with Gasteiger partial charge in [-0.05, 0) is 18.8 Å². The monoisotopic (exact) mass is 213 g/mol. The van der Waals surface area contributed by atoms with Gasteiger partial charge in [-0.3, -0.25) is 4.90 Å². The van der Waals surface area contributed by atoms with E-state index in [1.807, 2.05) is 0 Å². The molecule has 3 N–H and O–H groups in total. The topological polar surface area (TPSA) is 50.5 Å². The number of piperazine rings is 1. The summed E-state index contributed by atoms with van der Waals surface area (Å²) in [5, 5.41) is 3.38. The summed E-state index contributed by atoms with van der Waals surface area (Å²) in [7, 11) is 0. The maximum atomic E-state index is 5.92. The highest BCUT2D eigenvalue weighted by Gasteiger charge is 2.28. The normalized spacial score (nSPS) is 31.4. The van der Waals surface area contributed by atoms with Gasteiger partial charge in [-0.2, -0.15) is 0 Å². The van der Waals surface area contributed by atoms with Gasteiger partial charge in [0.1, 0.15) is 0 Å². The quantitative estimate of drug-likeness (QED) is 0.672. The summed E-state index contributed by atoms with van der Waals surface area (Å²) >= 11 is 0. The van der Waals surface area contributed by atoms with Gasteiger partial charge in [-0.1, -0.05) is 0 Å². The largest absolute Gasteiger partial charge is 0.381 e. The van der Waals surface area contributed by atoms with E-state index >= 15 is 0 Å². The molecule has 2 aliphatic heterocycles. The van der Waals surface area contributed by atoms with Gasteiger partial charge in [0.25, 0.3) is 0 Å². The van der Waals surface area contributed by atoms with Gasteiger partial charge in [-0.15, -0.1) is 0 Å². The van der Waals surface area contributed by atoms with Gasteiger partial charge in [0.05, 0.1) is 6.61 Å². The van der Waals surface area contributed by atoms with Crippen LogP contribution in [0.4, 0.5) is 0 Å². The first-order valence-electron chi connectivity index (χ1n) is 6.14. The lowest BCUT2D eigenvalue weighted by Crippen LogP contribution is -2.54. The van der Waals surface area contributed by atoms with Crippen molar-refractivity contribution in [1.29, 1.82) is 0 Å². The number of ether oxygens (including phenoxy) is 1. The zero-order chi connectivity index (χ0) is 10.5. The molecule has 2 saturated heterocycles. The van der Waals surface area contributed by atoms with Crippen LogP contribution in [0.1, 0.15) is 12.8 Å². The molecule has 0 aliphatic carbocycles. The highest BCUT2D eigenvalue weighted by Crippen LogP contribution is 2.21. The smallest absolute Gasteiger partial charge is 0.0509 e. The van der Waals surface area contributed by atoms with Crippen LogP contribution in [0.5, 0.6) is 0 Å². The van der Waals surface area contributed by atoms with Crippen molar-refractivity contribution in [1.82, 2.24) is 10.2 Å². The van der Waals surface area contributed by atoms with Crippen LogP contribution in [0.2, 0.25) is 0 Å². The Morgan fingerprint density at radius 2 is 2.20 bits per heavy atom. The number of nitrogens with zero attached hydrogens (tertiary/aromatic N) is 1.